The first-order chi connectivity index (χ1) is 10.2. The van der Waals surface area contributed by atoms with Crippen LogP contribution in [0.25, 0.3) is 0 Å². The van der Waals surface area contributed by atoms with Crippen LogP contribution in [0.15, 0.2) is 28.7 Å². The Morgan fingerprint density at radius 3 is 2.55 bits per heavy atom. The second kappa shape index (κ2) is 6.50. The summed E-state index contributed by atoms with van der Waals surface area (Å²) >= 11 is 4.88. The van der Waals surface area contributed by atoms with Gasteiger partial charge < -0.3 is 9.84 Å². The standard InChI is InChI=1S/C15H18BrNO4S/c1-15(2,3)21-14(20)17-11(13(18)19)8-22-12(17)9-6-4-5-7-10(9)16/h4-7,11-12H,8H2,1-3H3,(H,18,19)/t11-,12+/m1/s1. The molecule has 2 rings (SSSR count). The Kier molecular flexibility index (Phi) is 5.07. The van der Waals surface area contributed by atoms with Crippen LogP contribution in [-0.4, -0.2) is 39.5 Å². The first-order valence-corrected chi connectivity index (χ1v) is 8.65. The van der Waals surface area contributed by atoms with Gasteiger partial charge >= 0.3 is 12.1 Å². The quantitative estimate of drug-likeness (QED) is 0.833. The van der Waals surface area contributed by atoms with Gasteiger partial charge in [-0.2, -0.15) is 0 Å². The molecule has 0 unspecified atom stereocenters. The van der Waals surface area contributed by atoms with Crippen molar-refractivity contribution in [3.05, 3.63) is 34.3 Å². The molecule has 2 atom stereocenters. The van der Waals surface area contributed by atoms with Gasteiger partial charge in [-0.1, -0.05) is 34.1 Å². The van der Waals surface area contributed by atoms with Crippen molar-refractivity contribution in [3.63, 3.8) is 0 Å². The zero-order valence-corrected chi connectivity index (χ0v) is 15.0. The molecule has 1 aromatic rings. The van der Waals surface area contributed by atoms with Crippen molar-refractivity contribution < 1.29 is 19.4 Å². The molecule has 7 heteroatoms. The Morgan fingerprint density at radius 1 is 1.36 bits per heavy atom. The van der Waals surface area contributed by atoms with Crippen molar-refractivity contribution in [2.75, 3.05) is 5.75 Å². The molecule has 1 aliphatic heterocycles. The van der Waals surface area contributed by atoms with Crippen LogP contribution in [0, 0.1) is 0 Å². The van der Waals surface area contributed by atoms with Crippen molar-refractivity contribution in [3.8, 4) is 0 Å². The van der Waals surface area contributed by atoms with Crippen LogP contribution in [0.3, 0.4) is 0 Å². The molecular formula is C15H18BrNO4S. The Hall–Kier alpha value is -1.21. The van der Waals surface area contributed by atoms with E-state index in [1.807, 2.05) is 24.3 Å². The Labute approximate surface area is 142 Å². The molecule has 1 fully saturated rings. The number of aliphatic carboxylic acids is 1. The maximum Gasteiger partial charge on any atom is 0.412 e. The van der Waals surface area contributed by atoms with E-state index in [4.69, 9.17) is 4.74 Å². The molecule has 1 N–H and O–H groups in total. The largest absolute Gasteiger partial charge is 0.480 e. The molecular weight excluding hydrogens is 370 g/mol. The van der Waals surface area contributed by atoms with Crippen LogP contribution in [0.1, 0.15) is 31.7 Å². The number of carboxylic acid groups (broad SMARTS) is 1. The van der Waals surface area contributed by atoms with Gasteiger partial charge in [0.05, 0.1) is 0 Å². The fraction of sp³-hybridized carbons (Fsp3) is 0.467. The number of amides is 1. The van der Waals surface area contributed by atoms with Crippen molar-refractivity contribution in [1.82, 2.24) is 4.90 Å². The molecule has 0 bridgehead atoms. The molecule has 0 radical (unpaired) electrons. The van der Waals surface area contributed by atoms with Crippen molar-refractivity contribution in [1.29, 1.82) is 0 Å². The summed E-state index contributed by atoms with van der Waals surface area (Å²) in [6, 6.07) is 6.60. The first-order valence-electron chi connectivity index (χ1n) is 6.81. The van der Waals surface area contributed by atoms with Gasteiger partial charge in [-0.15, -0.1) is 11.8 Å². The van der Waals surface area contributed by atoms with E-state index in [-0.39, 0.29) is 5.37 Å². The van der Waals surface area contributed by atoms with Crippen LogP contribution in [0.2, 0.25) is 0 Å². The van der Waals surface area contributed by atoms with E-state index in [1.54, 1.807) is 20.8 Å². The van der Waals surface area contributed by atoms with Gasteiger partial charge in [0.1, 0.15) is 17.0 Å². The van der Waals surface area contributed by atoms with Gasteiger partial charge in [-0.3, -0.25) is 4.90 Å². The number of benzene rings is 1. The molecule has 22 heavy (non-hydrogen) atoms. The second-order valence-electron chi connectivity index (χ2n) is 5.95. The molecule has 1 heterocycles. The normalized spacial score (nSPS) is 21.7. The molecule has 5 nitrogen and oxygen atoms in total. The number of hydrogen-bond donors (Lipinski definition) is 1. The fourth-order valence-corrected chi connectivity index (χ4v) is 4.25. The topological polar surface area (TPSA) is 66.8 Å². The van der Waals surface area contributed by atoms with E-state index in [0.29, 0.717) is 5.75 Å². The van der Waals surface area contributed by atoms with Crippen molar-refractivity contribution in [2.24, 2.45) is 0 Å². The highest BCUT2D eigenvalue weighted by Crippen LogP contribution is 2.44. The number of hydrogen-bond acceptors (Lipinski definition) is 4. The van der Waals surface area contributed by atoms with E-state index >= 15 is 0 Å². The maximum absolute atomic E-state index is 12.5. The molecule has 0 saturated carbocycles. The zero-order chi connectivity index (χ0) is 16.5. The number of nitrogens with zero attached hydrogens (tertiary/aromatic N) is 1. The fourth-order valence-electron chi connectivity index (χ4n) is 2.15. The Balaban J connectivity index is 2.35. The highest BCUT2D eigenvalue weighted by Gasteiger charge is 2.44. The van der Waals surface area contributed by atoms with E-state index in [1.165, 1.54) is 16.7 Å². The predicted octanol–water partition coefficient (Wildman–Crippen LogP) is 3.88. The third-order valence-electron chi connectivity index (χ3n) is 3.06. The van der Waals surface area contributed by atoms with Crippen LogP contribution < -0.4 is 0 Å². The van der Waals surface area contributed by atoms with E-state index in [2.05, 4.69) is 15.9 Å². The number of carbonyl (C=O) groups is 2. The molecule has 0 spiro atoms. The lowest BCUT2D eigenvalue weighted by Gasteiger charge is -2.30. The number of carboxylic acids is 1. The van der Waals surface area contributed by atoms with Crippen molar-refractivity contribution >= 4 is 39.8 Å². The number of carbonyl (C=O) groups excluding carboxylic acids is 1. The summed E-state index contributed by atoms with van der Waals surface area (Å²) in [6.45, 7) is 5.28. The molecule has 1 saturated heterocycles. The number of ether oxygens (including phenoxy) is 1. The summed E-state index contributed by atoms with van der Waals surface area (Å²) in [5, 5.41) is 9.01. The van der Waals surface area contributed by atoms with E-state index < -0.39 is 23.7 Å². The van der Waals surface area contributed by atoms with Gasteiger partial charge in [0.2, 0.25) is 0 Å². The summed E-state index contributed by atoms with van der Waals surface area (Å²) in [6.07, 6.45) is -0.606. The predicted molar refractivity (Wildman–Crippen MR) is 88.8 cm³/mol. The number of rotatable bonds is 2. The summed E-state index contributed by atoms with van der Waals surface area (Å²) in [5.41, 5.74) is 0.188. The smallest absolute Gasteiger partial charge is 0.412 e. The van der Waals surface area contributed by atoms with E-state index in [0.717, 1.165) is 10.0 Å². The third-order valence-corrected chi connectivity index (χ3v) is 5.09. The number of thioether (sulfide) groups is 1. The minimum atomic E-state index is -1.02. The van der Waals surface area contributed by atoms with Gasteiger partial charge in [-0.05, 0) is 32.4 Å². The highest BCUT2D eigenvalue weighted by atomic mass is 79.9. The van der Waals surface area contributed by atoms with Gasteiger partial charge in [-0.25, -0.2) is 9.59 Å². The molecule has 1 amide bonds. The Bertz CT molecular complexity index is 587. The monoisotopic (exact) mass is 387 g/mol. The minimum absolute atomic E-state index is 0.334. The molecule has 1 aromatic carbocycles. The average Bonchev–Trinajstić information content (AvgIpc) is 2.82. The second-order valence-corrected chi connectivity index (χ2v) is 7.92. The van der Waals surface area contributed by atoms with Crippen molar-refractivity contribution in [2.45, 2.75) is 37.8 Å². The molecule has 1 aliphatic rings. The molecule has 0 aliphatic carbocycles. The van der Waals surface area contributed by atoms with Crippen LogP contribution in [0.5, 0.6) is 0 Å². The van der Waals surface area contributed by atoms with Crippen LogP contribution in [-0.2, 0) is 9.53 Å². The SMILES string of the molecule is CC(C)(C)OC(=O)N1[C@@H](C(=O)O)CS[C@H]1c1ccccc1Br. The lowest BCUT2D eigenvalue weighted by molar-refractivity contribution is -0.142. The lowest BCUT2D eigenvalue weighted by atomic mass is 10.2. The van der Waals surface area contributed by atoms with Gasteiger partial charge in [0.15, 0.2) is 0 Å². The summed E-state index contributed by atoms with van der Waals surface area (Å²) in [5.74, 6) is -0.687. The highest BCUT2D eigenvalue weighted by molar-refractivity contribution is 9.10. The molecule has 120 valence electrons. The average molecular weight is 388 g/mol. The van der Waals surface area contributed by atoms with E-state index in [9.17, 15) is 14.7 Å². The number of halogens is 1. The Morgan fingerprint density at radius 2 is 2.00 bits per heavy atom. The zero-order valence-electron chi connectivity index (χ0n) is 12.6. The van der Waals surface area contributed by atoms with Crippen LogP contribution >= 0.6 is 27.7 Å². The summed E-state index contributed by atoms with van der Waals surface area (Å²) in [7, 11) is 0. The third kappa shape index (κ3) is 3.76. The van der Waals surface area contributed by atoms with Gasteiger partial charge in [0.25, 0.3) is 0 Å². The first kappa shape index (κ1) is 17.1. The summed E-state index contributed by atoms with van der Waals surface area (Å²) < 4.78 is 6.23. The van der Waals surface area contributed by atoms with Gasteiger partial charge in [0, 0.05) is 10.2 Å². The molecule has 0 aromatic heterocycles. The summed E-state index contributed by atoms with van der Waals surface area (Å²) in [4.78, 5) is 25.3. The lowest BCUT2D eigenvalue weighted by Crippen LogP contribution is -2.45. The minimum Gasteiger partial charge on any atom is -0.480 e. The maximum atomic E-state index is 12.5. The van der Waals surface area contributed by atoms with Crippen LogP contribution in [0.4, 0.5) is 4.79 Å².